The summed E-state index contributed by atoms with van der Waals surface area (Å²) in [5, 5.41) is 0. The SMILES string of the molecule is Cc1cccc(CN(CC(=O)N2CCC3(CC2)OCCO3)S(C)(=O)=O)c1. The molecule has 26 heavy (non-hydrogen) atoms. The highest BCUT2D eigenvalue weighted by Gasteiger charge is 2.41. The molecule has 7 nitrogen and oxygen atoms in total. The summed E-state index contributed by atoms with van der Waals surface area (Å²) in [5.41, 5.74) is 1.92. The molecule has 1 amide bonds. The molecule has 0 saturated carbocycles. The van der Waals surface area contributed by atoms with Crippen LogP contribution in [0.3, 0.4) is 0 Å². The van der Waals surface area contributed by atoms with Crippen molar-refractivity contribution < 1.29 is 22.7 Å². The van der Waals surface area contributed by atoms with Gasteiger partial charge in [-0.3, -0.25) is 4.79 Å². The lowest BCUT2D eigenvalue weighted by Gasteiger charge is -2.38. The molecule has 0 radical (unpaired) electrons. The molecule has 0 N–H and O–H groups in total. The highest BCUT2D eigenvalue weighted by molar-refractivity contribution is 7.88. The number of amides is 1. The number of likely N-dealkylation sites (tertiary alicyclic amines) is 1. The van der Waals surface area contributed by atoms with Crippen molar-refractivity contribution in [2.24, 2.45) is 0 Å². The van der Waals surface area contributed by atoms with Crippen LogP contribution in [0.15, 0.2) is 24.3 Å². The Morgan fingerprint density at radius 1 is 1.23 bits per heavy atom. The van der Waals surface area contributed by atoms with Crippen LogP contribution in [0, 0.1) is 6.92 Å². The van der Waals surface area contributed by atoms with Crippen molar-refractivity contribution in [3.8, 4) is 0 Å². The van der Waals surface area contributed by atoms with Gasteiger partial charge in [0, 0.05) is 32.5 Å². The lowest BCUT2D eigenvalue weighted by molar-refractivity contribution is -0.187. The van der Waals surface area contributed by atoms with E-state index in [9.17, 15) is 13.2 Å². The Morgan fingerprint density at radius 3 is 2.46 bits per heavy atom. The van der Waals surface area contributed by atoms with E-state index in [1.807, 2.05) is 31.2 Å². The second kappa shape index (κ2) is 7.64. The molecule has 2 aliphatic heterocycles. The summed E-state index contributed by atoms with van der Waals surface area (Å²) in [6, 6.07) is 7.64. The number of carbonyl (C=O) groups excluding carboxylic acids is 1. The summed E-state index contributed by atoms with van der Waals surface area (Å²) in [6.45, 7) is 4.20. The zero-order valence-electron chi connectivity index (χ0n) is 15.3. The molecular formula is C18H26N2O5S. The first kappa shape index (κ1) is 19.3. The fraction of sp³-hybridized carbons (Fsp3) is 0.611. The Hall–Kier alpha value is -1.48. The number of sulfonamides is 1. The maximum absolute atomic E-state index is 12.7. The average molecular weight is 382 g/mol. The molecule has 3 rings (SSSR count). The summed E-state index contributed by atoms with van der Waals surface area (Å²) in [4.78, 5) is 14.4. The summed E-state index contributed by atoms with van der Waals surface area (Å²) in [5.74, 6) is -0.731. The van der Waals surface area contributed by atoms with Gasteiger partial charge in [0.2, 0.25) is 15.9 Å². The zero-order chi connectivity index (χ0) is 18.8. The number of aryl methyl sites for hydroxylation is 1. The molecule has 0 unspecified atom stereocenters. The van der Waals surface area contributed by atoms with Crippen LogP contribution in [0.2, 0.25) is 0 Å². The highest BCUT2D eigenvalue weighted by atomic mass is 32.2. The van der Waals surface area contributed by atoms with Gasteiger partial charge in [0.1, 0.15) is 0 Å². The lowest BCUT2D eigenvalue weighted by atomic mass is 10.0. The first-order valence-electron chi connectivity index (χ1n) is 8.84. The van der Waals surface area contributed by atoms with E-state index in [1.165, 1.54) is 4.31 Å². The van der Waals surface area contributed by atoms with Crippen molar-refractivity contribution >= 4 is 15.9 Å². The Bertz CT molecular complexity index is 749. The minimum absolute atomic E-state index is 0.151. The van der Waals surface area contributed by atoms with Crippen molar-refractivity contribution in [2.75, 3.05) is 39.1 Å². The number of ether oxygens (including phenoxy) is 2. The van der Waals surface area contributed by atoms with Crippen LogP contribution in [-0.2, 0) is 30.8 Å². The molecule has 1 spiro atoms. The maximum atomic E-state index is 12.7. The van der Waals surface area contributed by atoms with Gasteiger partial charge < -0.3 is 14.4 Å². The largest absolute Gasteiger partial charge is 0.347 e. The van der Waals surface area contributed by atoms with Gasteiger partial charge in [0.05, 0.1) is 26.0 Å². The summed E-state index contributed by atoms with van der Waals surface area (Å²) in [7, 11) is -3.50. The summed E-state index contributed by atoms with van der Waals surface area (Å²) >= 11 is 0. The fourth-order valence-corrected chi connectivity index (χ4v) is 4.17. The third kappa shape index (κ3) is 4.62. The molecule has 0 bridgehead atoms. The molecule has 0 aliphatic carbocycles. The number of rotatable bonds is 5. The molecule has 2 heterocycles. The second-order valence-corrected chi connectivity index (χ2v) is 8.99. The first-order valence-corrected chi connectivity index (χ1v) is 10.7. The van der Waals surface area contributed by atoms with E-state index < -0.39 is 15.8 Å². The van der Waals surface area contributed by atoms with Gasteiger partial charge in [-0.05, 0) is 12.5 Å². The van der Waals surface area contributed by atoms with Crippen molar-refractivity contribution in [3.63, 3.8) is 0 Å². The van der Waals surface area contributed by atoms with Crippen LogP contribution in [0.25, 0.3) is 0 Å². The van der Waals surface area contributed by atoms with E-state index >= 15 is 0 Å². The maximum Gasteiger partial charge on any atom is 0.237 e. The quantitative estimate of drug-likeness (QED) is 0.763. The van der Waals surface area contributed by atoms with Gasteiger partial charge >= 0.3 is 0 Å². The number of benzene rings is 1. The van der Waals surface area contributed by atoms with Crippen molar-refractivity contribution in [2.45, 2.75) is 32.1 Å². The van der Waals surface area contributed by atoms with Gasteiger partial charge in [-0.2, -0.15) is 4.31 Å². The Labute approximate surface area is 154 Å². The van der Waals surface area contributed by atoms with Crippen LogP contribution < -0.4 is 0 Å². The third-order valence-corrected chi connectivity index (χ3v) is 6.11. The standard InChI is InChI=1S/C18H26N2O5S/c1-15-4-3-5-16(12-15)13-20(26(2,22)23)14-17(21)19-8-6-18(7-9-19)24-10-11-25-18/h3-5,12H,6-11,13-14H2,1-2H3. The summed E-state index contributed by atoms with van der Waals surface area (Å²) in [6.07, 6.45) is 2.38. The van der Waals surface area contributed by atoms with E-state index in [1.54, 1.807) is 4.90 Å². The summed E-state index contributed by atoms with van der Waals surface area (Å²) < 4.78 is 36.9. The van der Waals surface area contributed by atoms with Gasteiger partial charge in [0.15, 0.2) is 5.79 Å². The molecule has 0 atom stereocenters. The first-order chi connectivity index (χ1) is 12.3. The molecule has 0 aromatic heterocycles. The molecule has 144 valence electrons. The Balaban J connectivity index is 1.62. The molecule has 2 saturated heterocycles. The molecular weight excluding hydrogens is 356 g/mol. The van der Waals surface area contributed by atoms with E-state index in [0.717, 1.165) is 17.4 Å². The van der Waals surface area contributed by atoms with Gasteiger partial charge in [-0.25, -0.2) is 8.42 Å². The Kier molecular flexibility index (Phi) is 5.67. The number of hydrogen-bond donors (Lipinski definition) is 0. The lowest BCUT2D eigenvalue weighted by Crippen LogP contribution is -2.50. The second-order valence-electron chi connectivity index (χ2n) is 7.01. The number of carbonyl (C=O) groups is 1. The molecule has 1 aromatic carbocycles. The van der Waals surface area contributed by atoms with E-state index in [4.69, 9.17) is 9.47 Å². The van der Waals surface area contributed by atoms with Crippen molar-refractivity contribution in [3.05, 3.63) is 35.4 Å². The minimum Gasteiger partial charge on any atom is -0.347 e. The topological polar surface area (TPSA) is 76.2 Å². The fourth-order valence-electron chi connectivity index (χ4n) is 3.44. The predicted octanol–water partition coefficient (Wildman–Crippen LogP) is 1.12. The van der Waals surface area contributed by atoms with Gasteiger partial charge in [0.25, 0.3) is 0 Å². The molecule has 1 aromatic rings. The average Bonchev–Trinajstić information content (AvgIpc) is 3.02. The number of hydrogen-bond acceptors (Lipinski definition) is 5. The molecule has 2 fully saturated rings. The third-order valence-electron chi connectivity index (χ3n) is 4.91. The monoisotopic (exact) mass is 382 g/mol. The van der Waals surface area contributed by atoms with Crippen molar-refractivity contribution in [1.82, 2.24) is 9.21 Å². The van der Waals surface area contributed by atoms with Gasteiger partial charge in [-0.1, -0.05) is 29.8 Å². The predicted molar refractivity (Wildman–Crippen MR) is 96.9 cm³/mol. The van der Waals surface area contributed by atoms with Crippen LogP contribution in [0.1, 0.15) is 24.0 Å². The number of nitrogens with zero attached hydrogens (tertiary/aromatic N) is 2. The minimum atomic E-state index is -3.50. The zero-order valence-corrected chi connectivity index (χ0v) is 16.1. The van der Waals surface area contributed by atoms with Crippen LogP contribution in [0.5, 0.6) is 0 Å². The van der Waals surface area contributed by atoms with Gasteiger partial charge in [-0.15, -0.1) is 0 Å². The highest BCUT2D eigenvalue weighted by Crippen LogP contribution is 2.31. The van der Waals surface area contributed by atoms with E-state index in [2.05, 4.69) is 0 Å². The van der Waals surface area contributed by atoms with Crippen molar-refractivity contribution in [1.29, 1.82) is 0 Å². The smallest absolute Gasteiger partial charge is 0.237 e. The normalized spacial score (nSPS) is 20.0. The number of piperidine rings is 1. The Morgan fingerprint density at radius 2 is 1.88 bits per heavy atom. The van der Waals surface area contributed by atoms with Crippen LogP contribution >= 0.6 is 0 Å². The van der Waals surface area contributed by atoms with Crippen LogP contribution in [-0.4, -0.2) is 68.4 Å². The van der Waals surface area contributed by atoms with E-state index in [-0.39, 0.29) is 19.0 Å². The molecule has 2 aliphatic rings. The van der Waals surface area contributed by atoms with Crippen LogP contribution in [0.4, 0.5) is 0 Å². The molecule has 8 heteroatoms. The van der Waals surface area contributed by atoms with E-state index in [0.29, 0.717) is 39.1 Å².